The lowest BCUT2D eigenvalue weighted by Gasteiger charge is -2.19. The van der Waals surface area contributed by atoms with E-state index in [1.807, 2.05) is 0 Å². The van der Waals surface area contributed by atoms with Gasteiger partial charge in [-0.3, -0.25) is 24.5 Å². The minimum Gasteiger partial charge on any atom is -0.299 e. The largest absolute Gasteiger partial charge is 0.299 e. The van der Waals surface area contributed by atoms with Crippen LogP contribution in [0.15, 0.2) is 36.4 Å². The molecular formula is C16H15NO5. The van der Waals surface area contributed by atoms with E-state index in [4.69, 9.17) is 0 Å². The average Bonchev–Trinajstić information content (AvgIpc) is 2.87. The van der Waals surface area contributed by atoms with Crippen LogP contribution in [-0.2, 0) is 9.59 Å². The van der Waals surface area contributed by atoms with Crippen LogP contribution in [0.25, 0.3) is 0 Å². The molecule has 114 valence electrons. The van der Waals surface area contributed by atoms with Crippen LogP contribution < -0.4 is 0 Å². The zero-order valence-electron chi connectivity index (χ0n) is 12.1. The van der Waals surface area contributed by atoms with Gasteiger partial charge in [0, 0.05) is 24.1 Å². The highest BCUT2D eigenvalue weighted by Gasteiger charge is 2.43. The van der Waals surface area contributed by atoms with E-state index in [-0.39, 0.29) is 22.8 Å². The number of rotatable bonds is 5. The SMILES string of the molecule is CC(=O)[C@@]1(/C=C/C(=O)c2ccc([N+](=O)[O-])cc2)CCCC1=O. The minimum absolute atomic E-state index is 0.105. The van der Waals surface area contributed by atoms with Gasteiger partial charge in [0.15, 0.2) is 5.78 Å². The van der Waals surface area contributed by atoms with Crippen LogP contribution in [-0.4, -0.2) is 22.3 Å². The first kappa shape index (κ1) is 15.8. The number of carbonyl (C=O) groups excluding carboxylic acids is 3. The third-order valence-electron chi connectivity index (χ3n) is 3.98. The second-order valence-corrected chi connectivity index (χ2v) is 5.31. The van der Waals surface area contributed by atoms with Gasteiger partial charge in [-0.2, -0.15) is 0 Å². The molecule has 0 bridgehead atoms. The van der Waals surface area contributed by atoms with Crippen molar-refractivity contribution in [2.24, 2.45) is 5.41 Å². The van der Waals surface area contributed by atoms with E-state index in [2.05, 4.69) is 0 Å². The van der Waals surface area contributed by atoms with Crippen LogP contribution in [0.5, 0.6) is 0 Å². The van der Waals surface area contributed by atoms with Crippen molar-refractivity contribution in [3.63, 3.8) is 0 Å². The second-order valence-electron chi connectivity index (χ2n) is 5.31. The van der Waals surface area contributed by atoms with Crippen molar-refractivity contribution in [3.8, 4) is 0 Å². The molecule has 2 rings (SSSR count). The van der Waals surface area contributed by atoms with Crippen LogP contribution >= 0.6 is 0 Å². The molecule has 1 aliphatic rings. The van der Waals surface area contributed by atoms with Crippen LogP contribution in [0, 0.1) is 15.5 Å². The first-order valence-corrected chi connectivity index (χ1v) is 6.89. The fraction of sp³-hybridized carbons (Fsp3) is 0.312. The molecule has 1 aromatic carbocycles. The average molecular weight is 301 g/mol. The lowest BCUT2D eigenvalue weighted by atomic mass is 9.80. The van der Waals surface area contributed by atoms with E-state index in [0.29, 0.717) is 19.3 Å². The molecule has 1 aromatic rings. The van der Waals surface area contributed by atoms with Gasteiger partial charge in [0.2, 0.25) is 0 Å². The Kier molecular flexibility index (Phi) is 4.30. The maximum atomic E-state index is 12.1. The van der Waals surface area contributed by atoms with E-state index < -0.39 is 16.1 Å². The Balaban J connectivity index is 2.21. The van der Waals surface area contributed by atoms with Crippen molar-refractivity contribution in [3.05, 3.63) is 52.1 Å². The Morgan fingerprint density at radius 2 is 1.91 bits per heavy atom. The molecule has 6 heteroatoms. The number of benzene rings is 1. The van der Waals surface area contributed by atoms with Gasteiger partial charge in [-0.15, -0.1) is 0 Å². The number of Topliss-reactive ketones (excluding diaryl/α,β-unsaturated/α-hetero) is 2. The molecule has 1 fully saturated rings. The summed E-state index contributed by atoms with van der Waals surface area (Å²) in [6.45, 7) is 1.35. The number of hydrogen-bond acceptors (Lipinski definition) is 5. The Labute approximate surface area is 127 Å². The highest BCUT2D eigenvalue weighted by Crippen LogP contribution is 2.37. The number of ketones is 3. The summed E-state index contributed by atoms with van der Waals surface area (Å²) in [5, 5.41) is 10.6. The van der Waals surface area contributed by atoms with E-state index in [1.165, 1.54) is 43.3 Å². The number of non-ortho nitro benzene ring substituents is 1. The smallest absolute Gasteiger partial charge is 0.269 e. The van der Waals surface area contributed by atoms with Crippen molar-refractivity contribution in [2.45, 2.75) is 26.2 Å². The zero-order chi connectivity index (χ0) is 16.3. The monoisotopic (exact) mass is 301 g/mol. The number of carbonyl (C=O) groups is 3. The standard InChI is InChI=1S/C16H15NO5/c1-11(18)16(9-2-3-15(16)20)10-8-14(19)12-4-6-13(7-5-12)17(21)22/h4-8,10H,2-3,9H2,1H3/b10-8+/t16-/m0/s1. The van der Waals surface area contributed by atoms with Crippen molar-refractivity contribution < 1.29 is 19.3 Å². The first-order chi connectivity index (χ1) is 10.4. The molecule has 6 nitrogen and oxygen atoms in total. The Morgan fingerprint density at radius 3 is 2.36 bits per heavy atom. The summed E-state index contributed by atoms with van der Waals surface area (Å²) in [6, 6.07) is 5.18. The van der Waals surface area contributed by atoms with Crippen LogP contribution in [0.1, 0.15) is 36.5 Å². The van der Waals surface area contributed by atoms with Gasteiger partial charge in [0.05, 0.1) is 4.92 Å². The lowest BCUT2D eigenvalue weighted by Crippen LogP contribution is -2.31. The molecule has 0 spiro atoms. The second kappa shape index (κ2) is 6.01. The summed E-state index contributed by atoms with van der Waals surface area (Å²) >= 11 is 0. The van der Waals surface area contributed by atoms with E-state index in [9.17, 15) is 24.5 Å². The quantitative estimate of drug-likeness (QED) is 0.274. The number of allylic oxidation sites excluding steroid dienone is 2. The summed E-state index contributed by atoms with van der Waals surface area (Å²) in [5.41, 5.74) is -1.02. The Bertz CT molecular complexity index is 674. The predicted molar refractivity (Wildman–Crippen MR) is 78.5 cm³/mol. The summed E-state index contributed by atoms with van der Waals surface area (Å²) in [6.07, 6.45) is 4.00. The normalized spacial score (nSPS) is 21.2. The molecule has 0 aromatic heterocycles. The summed E-state index contributed by atoms with van der Waals surface area (Å²) < 4.78 is 0. The van der Waals surface area contributed by atoms with E-state index >= 15 is 0 Å². The van der Waals surface area contributed by atoms with E-state index in [1.54, 1.807) is 0 Å². The molecule has 1 atom stereocenters. The molecule has 0 unspecified atom stereocenters. The molecule has 0 amide bonds. The fourth-order valence-electron chi connectivity index (χ4n) is 2.62. The third-order valence-corrected chi connectivity index (χ3v) is 3.98. The van der Waals surface area contributed by atoms with Gasteiger partial charge in [0.25, 0.3) is 5.69 Å². The van der Waals surface area contributed by atoms with Gasteiger partial charge in [-0.25, -0.2) is 0 Å². The van der Waals surface area contributed by atoms with Gasteiger partial charge < -0.3 is 0 Å². The van der Waals surface area contributed by atoms with Gasteiger partial charge in [0.1, 0.15) is 17.0 Å². The molecule has 0 heterocycles. The summed E-state index contributed by atoms with van der Waals surface area (Å²) in [4.78, 5) is 45.8. The number of nitro benzene ring substituents is 1. The Morgan fingerprint density at radius 1 is 1.27 bits per heavy atom. The number of nitro groups is 1. The lowest BCUT2D eigenvalue weighted by molar-refractivity contribution is -0.384. The predicted octanol–water partition coefficient (Wildman–Crippen LogP) is 2.66. The maximum absolute atomic E-state index is 12.1. The van der Waals surface area contributed by atoms with Gasteiger partial charge in [-0.05, 0) is 38.0 Å². The van der Waals surface area contributed by atoms with Crippen LogP contribution in [0.3, 0.4) is 0 Å². The van der Waals surface area contributed by atoms with Gasteiger partial charge in [-0.1, -0.05) is 6.08 Å². The summed E-state index contributed by atoms with van der Waals surface area (Å²) in [7, 11) is 0. The van der Waals surface area contributed by atoms with E-state index in [0.717, 1.165) is 0 Å². The maximum Gasteiger partial charge on any atom is 0.269 e. The fourth-order valence-corrected chi connectivity index (χ4v) is 2.62. The Hall–Kier alpha value is -2.63. The molecule has 0 saturated heterocycles. The number of nitrogens with zero attached hydrogens (tertiary/aromatic N) is 1. The third kappa shape index (κ3) is 2.86. The van der Waals surface area contributed by atoms with Crippen LogP contribution in [0.4, 0.5) is 5.69 Å². The molecule has 0 aliphatic heterocycles. The highest BCUT2D eigenvalue weighted by molar-refractivity contribution is 6.11. The summed E-state index contributed by atoms with van der Waals surface area (Å²) in [5.74, 6) is -0.814. The minimum atomic E-state index is -1.18. The van der Waals surface area contributed by atoms with Crippen molar-refractivity contribution in [2.75, 3.05) is 0 Å². The highest BCUT2D eigenvalue weighted by atomic mass is 16.6. The molecular weight excluding hydrogens is 286 g/mol. The molecule has 22 heavy (non-hydrogen) atoms. The van der Waals surface area contributed by atoms with Crippen molar-refractivity contribution in [1.29, 1.82) is 0 Å². The van der Waals surface area contributed by atoms with Gasteiger partial charge >= 0.3 is 0 Å². The van der Waals surface area contributed by atoms with Crippen molar-refractivity contribution >= 4 is 23.0 Å². The van der Waals surface area contributed by atoms with Crippen LogP contribution in [0.2, 0.25) is 0 Å². The molecule has 1 aliphatic carbocycles. The molecule has 0 radical (unpaired) electrons. The first-order valence-electron chi connectivity index (χ1n) is 6.89. The van der Waals surface area contributed by atoms with Crippen molar-refractivity contribution in [1.82, 2.24) is 0 Å². The topological polar surface area (TPSA) is 94.3 Å². The zero-order valence-corrected chi connectivity index (χ0v) is 12.1. The molecule has 0 N–H and O–H groups in total. The molecule has 1 saturated carbocycles. The number of hydrogen-bond donors (Lipinski definition) is 0.